The third-order valence-corrected chi connectivity index (χ3v) is 4.38. The fraction of sp³-hybridized carbons (Fsp3) is 0.133. The minimum Gasteiger partial charge on any atom is -0.427 e. The number of para-hydroxylation sites is 1. The summed E-state index contributed by atoms with van der Waals surface area (Å²) in [5, 5.41) is 0. The molecule has 2 aromatic rings. The quantitative estimate of drug-likeness (QED) is 0.627. The van der Waals surface area contributed by atoms with E-state index in [1.807, 2.05) is 0 Å². The van der Waals surface area contributed by atoms with Gasteiger partial charge in [0.05, 0.1) is 17.1 Å². The number of esters is 1. The summed E-state index contributed by atoms with van der Waals surface area (Å²) in [6, 6.07) is 16.6. The molecule has 4 nitrogen and oxygen atoms in total. The SMILES string of the molecule is O=C(CCS(=O)(=O)c1ccccc1)Oc1ccccc1. The maximum atomic E-state index is 12.0. The first kappa shape index (κ1) is 14.3. The van der Waals surface area contributed by atoms with E-state index in [1.165, 1.54) is 12.1 Å². The normalized spacial score (nSPS) is 11.0. The summed E-state index contributed by atoms with van der Waals surface area (Å²) < 4.78 is 29.0. The number of rotatable bonds is 5. The summed E-state index contributed by atoms with van der Waals surface area (Å²) in [7, 11) is -3.45. The first-order valence-electron chi connectivity index (χ1n) is 6.11. The zero-order chi connectivity index (χ0) is 14.4. The average molecular weight is 290 g/mol. The summed E-state index contributed by atoms with van der Waals surface area (Å²) in [5.74, 6) is -0.409. The van der Waals surface area contributed by atoms with Crippen LogP contribution in [0.5, 0.6) is 5.75 Å². The average Bonchev–Trinajstić information content (AvgIpc) is 2.47. The van der Waals surface area contributed by atoms with E-state index in [9.17, 15) is 13.2 Å². The molecule has 0 saturated carbocycles. The lowest BCUT2D eigenvalue weighted by molar-refractivity contribution is -0.133. The highest BCUT2D eigenvalue weighted by Crippen LogP contribution is 2.13. The molecule has 5 heteroatoms. The molecule has 0 aliphatic rings. The van der Waals surface area contributed by atoms with Gasteiger partial charge in [-0.2, -0.15) is 0 Å². The molecule has 0 aromatic heterocycles. The predicted molar refractivity (Wildman–Crippen MR) is 75.2 cm³/mol. The lowest BCUT2D eigenvalue weighted by Crippen LogP contribution is -2.15. The van der Waals surface area contributed by atoms with Crippen LogP contribution < -0.4 is 4.74 Å². The second-order valence-corrected chi connectivity index (χ2v) is 6.28. The fourth-order valence-electron chi connectivity index (χ4n) is 1.63. The van der Waals surface area contributed by atoms with E-state index in [2.05, 4.69) is 0 Å². The molecule has 0 bridgehead atoms. The summed E-state index contributed by atoms with van der Waals surface area (Å²) in [5.41, 5.74) is 0. The lowest BCUT2D eigenvalue weighted by atomic mass is 10.3. The van der Waals surface area contributed by atoms with Crippen LogP contribution in [0.2, 0.25) is 0 Å². The van der Waals surface area contributed by atoms with Crippen LogP contribution in [0.1, 0.15) is 6.42 Å². The highest BCUT2D eigenvalue weighted by atomic mass is 32.2. The Morgan fingerprint density at radius 1 is 0.900 bits per heavy atom. The van der Waals surface area contributed by atoms with Gasteiger partial charge >= 0.3 is 5.97 Å². The highest BCUT2D eigenvalue weighted by molar-refractivity contribution is 7.91. The molecule has 0 amide bonds. The van der Waals surface area contributed by atoms with E-state index in [4.69, 9.17) is 4.74 Å². The van der Waals surface area contributed by atoms with Gasteiger partial charge in [-0.1, -0.05) is 36.4 Å². The molecule has 2 aromatic carbocycles. The van der Waals surface area contributed by atoms with Crippen molar-refractivity contribution >= 4 is 15.8 Å². The Morgan fingerprint density at radius 2 is 1.45 bits per heavy atom. The van der Waals surface area contributed by atoms with Crippen LogP contribution in [0.4, 0.5) is 0 Å². The molecular weight excluding hydrogens is 276 g/mol. The third-order valence-electron chi connectivity index (χ3n) is 2.65. The van der Waals surface area contributed by atoms with Crippen molar-refractivity contribution in [3.05, 3.63) is 60.7 Å². The lowest BCUT2D eigenvalue weighted by Gasteiger charge is -2.05. The van der Waals surface area contributed by atoms with E-state index in [-0.39, 0.29) is 17.1 Å². The number of sulfone groups is 1. The van der Waals surface area contributed by atoms with Crippen molar-refractivity contribution in [2.24, 2.45) is 0 Å². The van der Waals surface area contributed by atoms with Crippen molar-refractivity contribution in [3.63, 3.8) is 0 Å². The van der Waals surface area contributed by atoms with Crippen molar-refractivity contribution in [2.45, 2.75) is 11.3 Å². The standard InChI is InChI=1S/C15H14O4S/c16-15(19-13-7-3-1-4-8-13)11-12-20(17,18)14-9-5-2-6-10-14/h1-10H,11-12H2. The maximum Gasteiger partial charge on any atom is 0.312 e. The zero-order valence-corrected chi connectivity index (χ0v) is 11.5. The van der Waals surface area contributed by atoms with Crippen LogP contribution in [0.3, 0.4) is 0 Å². The Hall–Kier alpha value is -2.14. The maximum absolute atomic E-state index is 12.0. The van der Waals surface area contributed by atoms with Gasteiger partial charge in [0.2, 0.25) is 0 Å². The summed E-state index contributed by atoms with van der Waals surface area (Å²) in [6.45, 7) is 0. The Balaban J connectivity index is 1.94. The Morgan fingerprint density at radius 3 is 2.05 bits per heavy atom. The van der Waals surface area contributed by atoms with Gasteiger partial charge in [-0.3, -0.25) is 4.79 Å². The van der Waals surface area contributed by atoms with Gasteiger partial charge in [0.1, 0.15) is 5.75 Å². The fourth-order valence-corrected chi connectivity index (χ4v) is 2.88. The number of hydrogen-bond donors (Lipinski definition) is 0. The molecule has 0 N–H and O–H groups in total. The van der Waals surface area contributed by atoms with E-state index in [0.29, 0.717) is 5.75 Å². The molecule has 20 heavy (non-hydrogen) atoms. The Bertz CT molecular complexity index is 664. The molecule has 0 fully saturated rings. The monoisotopic (exact) mass is 290 g/mol. The largest absolute Gasteiger partial charge is 0.427 e. The first-order valence-corrected chi connectivity index (χ1v) is 7.77. The van der Waals surface area contributed by atoms with Crippen LogP contribution in [0.15, 0.2) is 65.6 Å². The van der Waals surface area contributed by atoms with Gasteiger partial charge in [-0.05, 0) is 24.3 Å². The number of carbonyl (C=O) groups is 1. The number of ether oxygens (including phenoxy) is 1. The topological polar surface area (TPSA) is 60.4 Å². The molecule has 0 radical (unpaired) electrons. The number of benzene rings is 2. The van der Waals surface area contributed by atoms with Crippen LogP contribution in [-0.4, -0.2) is 20.1 Å². The molecule has 0 unspecified atom stereocenters. The van der Waals surface area contributed by atoms with Crippen LogP contribution in [0, 0.1) is 0 Å². The van der Waals surface area contributed by atoms with Crippen molar-refractivity contribution < 1.29 is 17.9 Å². The van der Waals surface area contributed by atoms with Crippen molar-refractivity contribution in [1.29, 1.82) is 0 Å². The zero-order valence-electron chi connectivity index (χ0n) is 10.7. The highest BCUT2D eigenvalue weighted by Gasteiger charge is 2.16. The second-order valence-electron chi connectivity index (χ2n) is 4.17. The van der Waals surface area contributed by atoms with Crippen LogP contribution >= 0.6 is 0 Å². The van der Waals surface area contributed by atoms with E-state index < -0.39 is 15.8 Å². The number of hydrogen-bond acceptors (Lipinski definition) is 4. The molecule has 0 aliphatic carbocycles. The minimum atomic E-state index is -3.45. The van der Waals surface area contributed by atoms with Crippen molar-refractivity contribution in [2.75, 3.05) is 5.75 Å². The van der Waals surface area contributed by atoms with Gasteiger partial charge < -0.3 is 4.74 Å². The molecule has 0 spiro atoms. The summed E-state index contributed by atoms with van der Waals surface area (Å²) in [4.78, 5) is 11.8. The summed E-state index contributed by atoms with van der Waals surface area (Å²) >= 11 is 0. The molecule has 0 saturated heterocycles. The van der Waals surface area contributed by atoms with Gasteiger partial charge in [-0.15, -0.1) is 0 Å². The van der Waals surface area contributed by atoms with E-state index in [1.54, 1.807) is 48.5 Å². The smallest absolute Gasteiger partial charge is 0.312 e. The van der Waals surface area contributed by atoms with Gasteiger partial charge in [0, 0.05) is 0 Å². The Labute approximate surface area is 117 Å². The van der Waals surface area contributed by atoms with E-state index in [0.717, 1.165) is 0 Å². The number of carbonyl (C=O) groups excluding carboxylic acids is 1. The van der Waals surface area contributed by atoms with Crippen molar-refractivity contribution in [3.8, 4) is 5.75 Å². The van der Waals surface area contributed by atoms with Gasteiger partial charge in [0.15, 0.2) is 9.84 Å². The summed E-state index contributed by atoms with van der Waals surface area (Å²) in [6.07, 6.45) is -0.174. The molecule has 0 aliphatic heterocycles. The van der Waals surface area contributed by atoms with E-state index >= 15 is 0 Å². The minimum absolute atomic E-state index is 0.174. The van der Waals surface area contributed by atoms with Crippen molar-refractivity contribution in [1.82, 2.24) is 0 Å². The first-order chi connectivity index (χ1) is 9.58. The van der Waals surface area contributed by atoms with Crippen LogP contribution in [-0.2, 0) is 14.6 Å². The molecule has 0 atom stereocenters. The van der Waals surface area contributed by atoms with Gasteiger partial charge in [0.25, 0.3) is 0 Å². The molecule has 104 valence electrons. The second kappa shape index (κ2) is 6.34. The van der Waals surface area contributed by atoms with Crippen LogP contribution in [0.25, 0.3) is 0 Å². The van der Waals surface area contributed by atoms with Gasteiger partial charge in [-0.25, -0.2) is 8.42 Å². The third kappa shape index (κ3) is 3.93. The molecular formula is C15H14O4S. The molecule has 0 heterocycles. The predicted octanol–water partition coefficient (Wildman–Crippen LogP) is 2.46. The Kier molecular flexibility index (Phi) is 4.53. The molecule has 2 rings (SSSR count).